The fourth-order valence-corrected chi connectivity index (χ4v) is 3.16. The average molecular weight is 387 g/mol. The molecule has 3 aromatic heterocycles. The van der Waals surface area contributed by atoms with Gasteiger partial charge in [0.25, 0.3) is 0 Å². The number of benzene rings is 1. The van der Waals surface area contributed by atoms with Crippen molar-refractivity contribution in [2.24, 2.45) is 0 Å². The number of fused-ring (bicyclic) bond motifs is 1. The van der Waals surface area contributed by atoms with E-state index in [1.54, 1.807) is 31.1 Å². The van der Waals surface area contributed by atoms with Gasteiger partial charge < -0.3 is 19.2 Å². The highest BCUT2D eigenvalue weighted by molar-refractivity contribution is 5.79. The van der Waals surface area contributed by atoms with Crippen LogP contribution >= 0.6 is 0 Å². The highest BCUT2D eigenvalue weighted by atomic mass is 16.7. The lowest BCUT2D eigenvalue weighted by Gasteiger charge is -2.11. The number of nitrogens with zero attached hydrogens (tertiary/aromatic N) is 4. The molecule has 0 bridgehead atoms. The van der Waals surface area contributed by atoms with E-state index in [1.807, 2.05) is 31.2 Å². The SMILES string of the molecule is Cc1occc1-c1nc(NCc2ccc3c(c2)OCO3)ncc1-c1cnccn1. The first-order chi connectivity index (χ1) is 14.3. The summed E-state index contributed by atoms with van der Waals surface area (Å²) in [6.07, 6.45) is 8.37. The van der Waals surface area contributed by atoms with E-state index < -0.39 is 0 Å². The van der Waals surface area contributed by atoms with Crippen molar-refractivity contribution in [3.05, 3.63) is 66.6 Å². The molecular weight excluding hydrogens is 370 g/mol. The third-order valence-corrected chi connectivity index (χ3v) is 4.63. The van der Waals surface area contributed by atoms with Crippen molar-refractivity contribution in [1.29, 1.82) is 0 Å². The summed E-state index contributed by atoms with van der Waals surface area (Å²) >= 11 is 0. The third kappa shape index (κ3) is 3.36. The van der Waals surface area contributed by atoms with Gasteiger partial charge >= 0.3 is 0 Å². The van der Waals surface area contributed by atoms with Gasteiger partial charge in [-0.05, 0) is 30.7 Å². The molecule has 4 aromatic rings. The molecule has 0 saturated carbocycles. The molecule has 0 atom stereocenters. The molecule has 8 nitrogen and oxygen atoms in total. The van der Waals surface area contributed by atoms with E-state index in [9.17, 15) is 0 Å². The van der Waals surface area contributed by atoms with E-state index in [1.165, 1.54) is 0 Å². The van der Waals surface area contributed by atoms with E-state index in [-0.39, 0.29) is 6.79 Å². The minimum atomic E-state index is 0.257. The van der Waals surface area contributed by atoms with Gasteiger partial charge in [0.2, 0.25) is 12.7 Å². The van der Waals surface area contributed by atoms with E-state index in [0.717, 1.165) is 39.6 Å². The summed E-state index contributed by atoms with van der Waals surface area (Å²) in [5, 5.41) is 3.27. The summed E-state index contributed by atoms with van der Waals surface area (Å²) in [5.74, 6) is 2.79. The second kappa shape index (κ2) is 7.23. The highest BCUT2D eigenvalue weighted by Crippen LogP contribution is 2.33. The first-order valence-electron chi connectivity index (χ1n) is 9.08. The Bertz CT molecular complexity index is 1160. The molecule has 5 rings (SSSR count). The third-order valence-electron chi connectivity index (χ3n) is 4.63. The quantitative estimate of drug-likeness (QED) is 0.552. The van der Waals surface area contributed by atoms with Gasteiger partial charge in [-0.1, -0.05) is 6.07 Å². The van der Waals surface area contributed by atoms with Gasteiger partial charge in [-0.25, -0.2) is 9.97 Å². The molecule has 1 aromatic carbocycles. The monoisotopic (exact) mass is 387 g/mol. The Morgan fingerprint density at radius 2 is 1.93 bits per heavy atom. The minimum absolute atomic E-state index is 0.257. The van der Waals surface area contributed by atoms with E-state index in [2.05, 4.69) is 20.3 Å². The fourth-order valence-electron chi connectivity index (χ4n) is 3.16. The van der Waals surface area contributed by atoms with Crippen LogP contribution < -0.4 is 14.8 Å². The van der Waals surface area contributed by atoms with E-state index >= 15 is 0 Å². The molecule has 0 saturated heterocycles. The van der Waals surface area contributed by atoms with Crippen LogP contribution in [0.3, 0.4) is 0 Å². The van der Waals surface area contributed by atoms with Crippen molar-refractivity contribution in [3.8, 4) is 34.0 Å². The summed E-state index contributed by atoms with van der Waals surface area (Å²) in [7, 11) is 0. The number of aryl methyl sites for hydroxylation is 1. The van der Waals surface area contributed by atoms with Crippen LogP contribution in [0.1, 0.15) is 11.3 Å². The predicted molar refractivity (Wildman–Crippen MR) is 105 cm³/mol. The number of ether oxygens (including phenoxy) is 2. The minimum Gasteiger partial charge on any atom is -0.469 e. The van der Waals surface area contributed by atoms with Gasteiger partial charge in [0.15, 0.2) is 11.5 Å². The summed E-state index contributed by atoms with van der Waals surface area (Å²) in [5.41, 5.74) is 4.15. The molecule has 29 heavy (non-hydrogen) atoms. The van der Waals surface area contributed by atoms with Crippen molar-refractivity contribution < 1.29 is 13.9 Å². The number of anilines is 1. The molecule has 1 aliphatic rings. The van der Waals surface area contributed by atoms with Crippen molar-refractivity contribution >= 4 is 5.95 Å². The standard InChI is InChI=1S/C21H17N5O3/c1-13-15(4-7-27-13)20-16(17-11-22-5-6-23-17)10-25-21(26-20)24-9-14-2-3-18-19(8-14)29-12-28-18/h2-8,10-11H,9,12H2,1H3,(H,24,25,26). The van der Waals surface area contributed by atoms with Gasteiger partial charge in [0.1, 0.15) is 5.76 Å². The molecular formula is C21H17N5O3. The molecule has 4 heterocycles. The Hall–Kier alpha value is -3.94. The Labute approximate surface area is 166 Å². The second-order valence-corrected chi connectivity index (χ2v) is 6.48. The van der Waals surface area contributed by atoms with Crippen molar-refractivity contribution in [1.82, 2.24) is 19.9 Å². The highest BCUT2D eigenvalue weighted by Gasteiger charge is 2.17. The normalized spacial score (nSPS) is 12.2. The van der Waals surface area contributed by atoms with Gasteiger partial charge in [-0.15, -0.1) is 0 Å². The molecule has 144 valence electrons. The summed E-state index contributed by atoms with van der Waals surface area (Å²) in [6, 6.07) is 7.72. The maximum atomic E-state index is 5.48. The zero-order chi connectivity index (χ0) is 19.6. The Morgan fingerprint density at radius 1 is 1.00 bits per heavy atom. The van der Waals surface area contributed by atoms with E-state index in [0.29, 0.717) is 18.2 Å². The number of aromatic nitrogens is 4. The Balaban J connectivity index is 1.46. The predicted octanol–water partition coefficient (Wildman–Crippen LogP) is 3.84. The van der Waals surface area contributed by atoms with Crippen molar-refractivity contribution in [2.75, 3.05) is 12.1 Å². The van der Waals surface area contributed by atoms with Crippen LogP contribution in [-0.2, 0) is 6.54 Å². The van der Waals surface area contributed by atoms with E-state index in [4.69, 9.17) is 18.9 Å². The zero-order valence-electron chi connectivity index (χ0n) is 15.6. The van der Waals surface area contributed by atoms with Gasteiger partial charge in [0.05, 0.1) is 23.8 Å². The number of furan rings is 1. The molecule has 0 fully saturated rings. The molecule has 0 radical (unpaired) electrons. The van der Waals surface area contributed by atoms with Crippen molar-refractivity contribution in [3.63, 3.8) is 0 Å². The second-order valence-electron chi connectivity index (χ2n) is 6.48. The van der Waals surface area contributed by atoms with Gasteiger partial charge in [-0.2, -0.15) is 0 Å². The number of hydrogen-bond donors (Lipinski definition) is 1. The Kier molecular flexibility index (Phi) is 4.28. The Morgan fingerprint density at radius 3 is 2.76 bits per heavy atom. The zero-order valence-corrected chi connectivity index (χ0v) is 15.6. The smallest absolute Gasteiger partial charge is 0.231 e. The van der Waals surface area contributed by atoms with Gasteiger partial charge in [-0.3, -0.25) is 9.97 Å². The van der Waals surface area contributed by atoms with Crippen molar-refractivity contribution in [2.45, 2.75) is 13.5 Å². The largest absolute Gasteiger partial charge is 0.469 e. The van der Waals surface area contributed by atoms with Crippen LogP contribution in [0.15, 0.2) is 59.7 Å². The molecule has 8 heteroatoms. The molecule has 0 spiro atoms. The number of nitrogens with one attached hydrogen (secondary N) is 1. The topological polar surface area (TPSA) is 95.2 Å². The molecule has 0 amide bonds. The lowest BCUT2D eigenvalue weighted by atomic mass is 10.1. The van der Waals surface area contributed by atoms with Crippen LogP contribution in [0.4, 0.5) is 5.95 Å². The number of rotatable bonds is 5. The number of hydrogen-bond acceptors (Lipinski definition) is 8. The molecule has 0 unspecified atom stereocenters. The summed E-state index contributed by atoms with van der Waals surface area (Å²) < 4.78 is 16.3. The molecule has 0 aliphatic carbocycles. The fraction of sp³-hybridized carbons (Fsp3) is 0.143. The lowest BCUT2D eigenvalue weighted by Crippen LogP contribution is -2.05. The van der Waals surface area contributed by atoms with Crippen LogP contribution in [0.5, 0.6) is 11.5 Å². The van der Waals surface area contributed by atoms with Crippen LogP contribution in [0.2, 0.25) is 0 Å². The van der Waals surface area contributed by atoms with Gasteiger partial charge in [0, 0.05) is 36.3 Å². The van der Waals surface area contributed by atoms with Crippen LogP contribution in [0, 0.1) is 6.92 Å². The van der Waals surface area contributed by atoms with Crippen LogP contribution in [-0.4, -0.2) is 26.7 Å². The maximum absolute atomic E-state index is 5.48. The first kappa shape index (κ1) is 17.2. The lowest BCUT2D eigenvalue weighted by molar-refractivity contribution is 0.174. The molecule has 1 N–H and O–H groups in total. The molecule has 1 aliphatic heterocycles. The first-order valence-corrected chi connectivity index (χ1v) is 9.08. The maximum Gasteiger partial charge on any atom is 0.231 e. The average Bonchev–Trinajstić information content (AvgIpc) is 3.41. The van der Waals surface area contributed by atoms with Crippen LogP contribution in [0.25, 0.3) is 22.5 Å². The summed E-state index contributed by atoms with van der Waals surface area (Å²) in [6.45, 7) is 2.70. The summed E-state index contributed by atoms with van der Waals surface area (Å²) in [4.78, 5) is 17.7.